The van der Waals surface area contributed by atoms with Crippen molar-refractivity contribution in [1.82, 2.24) is 10.2 Å². The van der Waals surface area contributed by atoms with Crippen LogP contribution in [0.2, 0.25) is 0 Å². The number of carboxylic acids is 1. The number of rotatable bonds is 7. The van der Waals surface area contributed by atoms with E-state index in [1.54, 1.807) is 11.0 Å². The molecule has 17 heavy (non-hydrogen) atoms. The van der Waals surface area contributed by atoms with E-state index < -0.39 is 5.97 Å². The van der Waals surface area contributed by atoms with Gasteiger partial charge in [-0.2, -0.15) is 0 Å². The van der Waals surface area contributed by atoms with E-state index in [1.807, 2.05) is 20.8 Å². The zero-order chi connectivity index (χ0) is 13.4. The first-order chi connectivity index (χ1) is 7.92. The van der Waals surface area contributed by atoms with Gasteiger partial charge in [-0.15, -0.1) is 6.58 Å². The summed E-state index contributed by atoms with van der Waals surface area (Å²) in [5, 5.41) is 11.5. The molecule has 0 spiro atoms. The lowest BCUT2D eigenvalue weighted by Crippen LogP contribution is -2.47. The van der Waals surface area contributed by atoms with E-state index in [2.05, 4.69) is 11.9 Å². The Hall–Kier alpha value is -1.52. The molecule has 2 amide bonds. The maximum atomic E-state index is 11.8. The number of aliphatic carboxylic acids is 1. The Morgan fingerprint density at radius 2 is 2.06 bits per heavy atom. The van der Waals surface area contributed by atoms with Crippen LogP contribution in [0.3, 0.4) is 0 Å². The van der Waals surface area contributed by atoms with E-state index in [0.29, 0.717) is 13.1 Å². The minimum Gasteiger partial charge on any atom is -0.481 e. The van der Waals surface area contributed by atoms with E-state index in [4.69, 9.17) is 5.11 Å². The molecule has 0 aromatic rings. The third kappa shape index (κ3) is 5.94. The van der Waals surface area contributed by atoms with Gasteiger partial charge in [-0.3, -0.25) is 4.79 Å². The predicted molar refractivity (Wildman–Crippen MR) is 66.9 cm³/mol. The topological polar surface area (TPSA) is 69.6 Å². The molecule has 1 atom stereocenters. The van der Waals surface area contributed by atoms with Gasteiger partial charge in [0.2, 0.25) is 0 Å². The van der Waals surface area contributed by atoms with Crippen LogP contribution in [-0.2, 0) is 4.79 Å². The summed E-state index contributed by atoms with van der Waals surface area (Å²) in [5.74, 6) is -0.826. The standard InChI is InChI=1S/C12H22N2O3/c1-5-7-14(6-2)12(17)13-10(9(3)4)8-11(15)16/h5,9-10H,1,6-8H2,2-4H3,(H,13,17)(H,15,16). The molecule has 0 aliphatic rings. The van der Waals surface area contributed by atoms with Gasteiger partial charge in [-0.25, -0.2) is 4.79 Å². The summed E-state index contributed by atoms with van der Waals surface area (Å²) in [5.41, 5.74) is 0. The van der Waals surface area contributed by atoms with Crippen molar-refractivity contribution in [3.8, 4) is 0 Å². The second-order valence-corrected chi connectivity index (χ2v) is 4.23. The lowest BCUT2D eigenvalue weighted by molar-refractivity contribution is -0.137. The van der Waals surface area contributed by atoms with Crippen molar-refractivity contribution in [1.29, 1.82) is 0 Å². The number of carboxylic acid groups (broad SMARTS) is 1. The van der Waals surface area contributed by atoms with Crippen LogP contribution in [0.15, 0.2) is 12.7 Å². The number of urea groups is 1. The highest BCUT2D eigenvalue weighted by atomic mass is 16.4. The van der Waals surface area contributed by atoms with Gasteiger partial charge in [0.25, 0.3) is 0 Å². The van der Waals surface area contributed by atoms with Crippen LogP contribution in [0.1, 0.15) is 27.2 Å². The van der Waals surface area contributed by atoms with Crippen LogP contribution in [-0.4, -0.2) is 41.1 Å². The number of amides is 2. The van der Waals surface area contributed by atoms with Gasteiger partial charge in [0.05, 0.1) is 6.42 Å². The number of likely N-dealkylation sites (N-methyl/N-ethyl adjacent to an activating group) is 1. The van der Waals surface area contributed by atoms with Gasteiger partial charge in [0.1, 0.15) is 0 Å². The molecule has 98 valence electrons. The normalized spacial score (nSPS) is 12.0. The average Bonchev–Trinajstić information content (AvgIpc) is 2.23. The average molecular weight is 242 g/mol. The van der Waals surface area contributed by atoms with E-state index in [1.165, 1.54) is 0 Å². The molecule has 0 aromatic carbocycles. The lowest BCUT2D eigenvalue weighted by Gasteiger charge is -2.26. The molecule has 0 fully saturated rings. The van der Waals surface area contributed by atoms with Crippen molar-refractivity contribution in [2.24, 2.45) is 5.92 Å². The third-order valence-corrected chi connectivity index (χ3v) is 2.53. The number of hydrogen-bond acceptors (Lipinski definition) is 2. The van der Waals surface area contributed by atoms with Gasteiger partial charge in [-0.05, 0) is 12.8 Å². The molecule has 0 saturated carbocycles. The molecular formula is C12H22N2O3. The fourth-order valence-electron chi connectivity index (χ4n) is 1.40. The van der Waals surface area contributed by atoms with Crippen molar-refractivity contribution < 1.29 is 14.7 Å². The Balaban J connectivity index is 4.47. The van der Waals surface area contributed by atoms with E-state index in [0.717, 1.165) is 0 Å². The molecule has 0 saturated heterocycles. The fourth-order valence-corrected chi connectivity index (χ4v) is 1.40. The zero-order valence-electron chi connectivity index (χ0n) is 10.8. The monoisotopic (exact) mass is 242 g/mol. The van der Waals surface area contributed by atoms with Crippen LogP contribution < -0.4 is 5.32 Å². The van der Waals surface area contributed by atoms with Gasteiger partial charge in [-0.1, -0.05) is 19.9 Å². The second kappa shape index (κ2) is 7.70. The highest BCUT2D eigenvalue weighted by molar-refractivity contribution is 5.76. The molecule has 0 heterocycles. The van der Waals surface area contributed by atoms with Crippen LogP contribution in [0.25, 0.3) is 0 Å². The van der Waals surface area contributed by atoms with E-state index >= 15 is 0 Å². The maximum absolute atomic E-state index is 11.8. The predicted octanol–water partition coefficient (Wildman–Crippen LogP) is 1.70. The maximum Gasteiger partial charge on any atom is 0.317 e. The summed E-state index contributed by atoms with van der Waals surface area (Å²) < 4.78 is 0. The van der Waals surface area contributed by atoms with Crippen molar-refractivity contribution >= 4 is 12.0 Å². The smallest absolute Gasteiger partial charge is 0.317 e. The van der Waals surface area contributed by atoms with E-state index in [-0.39, 0.29) is 24.4 Å². The fraction of sp³-hybridized carbons (Fsp3) is 0.667. The Morgan fingerprint density at radius 3 is 2.41 bits per heavy atom. The van der Waals surface area contributed by atoms with Gasteiger partial charge >= 0.3 is 12.0 Å². The van der Waals surface area contributed by atoms with Crippen molar-refractivity contribution in [3.63, 3.8) is 0 Å². The van der Waals surface area contributed by atoms with Gasteiger partial charge < -0.3 is 15.3 Å². The number of hydrogen-bond donors (Lipinski definition) is 2. The van der Waals surface area contributed by atoms with Gasteiger partial charge in [0, 0.05) is 19.1 Å². The van der Waals surface area contributed by atoms with E-state index in [9.17, 15) is 9.59 Å². The lowest BCUT2D eigenvalue weighted by atomic mass is 10.0. The largest absolute Gasteiger partial charge is 0.481 e. The number of nitrogens with zero attached hydrogens (tertiary/aromatic N) is 1. The van der Waals surface area contributed by atoms with Crippen LogP contribution in [0.4, 0.5) is 4.79 Å². The molecule has 2 N–H and O–H groups in total. The molecule has 5 nitrogen and oxygen atoms in total. The number of carbonyl (C=O) groups excluding carboxylic acids is 1. The SMILES string of the molecule is C=CCN(CC)C(=O)NC(CC(=O)O)C(C)C. The number of nitrogens with one attached hydrogen (secondary N) is 1. The Labute approximate surface area is 102 Å². The molecule has 0 aliphatic heterocycles. The third-order valence-electron chi connectivity index (χ3n) is 2.53. The molecule has 0 radical (unpaired) electrons. The first-order valence-electron chi connectivity index (χ1n) is 5.80. The Kier molecular flexibility index (Phi) is 7.02. The first-order valence-corrected chi connectivity index (χ1v) is 5.80. The number of carbonyl (C=O) groups is 2. The Bertz CT molecular complexity index is 277. The summed E-state index contributed by atoms with van der Waals surface area (Å²) in [6.07, 6.45) is 1.58. The van der Waals surface area contributed by atoms with Crippen LogP contribution in [0, 0.1) is 5.92 Å². The summed E-state index contributed by atoms with van der Waals surface area (Å²) in [6, 6.07) is -0.591. The van der Waals surface area contributed by atoms with Crippen molar-refractivity contribution in [2.45, 2.75) is 33.2 Å². The first kappa shape index (κ1) is 15.5. The minimum atomic E-state index is -0.907. The minimum absolute atomic E-state index is 0.0605. The summed E-state index contributed by atoms with van der Waals surface area (Å²) in [7, 11) is 0. The summed E-state index contributed by atoms with van der Waals surface area (Å²) in [6.45, 7) is 10.2. The summed E-state index contributed by atoms with van der Waals surface area (Å²) >= 11 is 0. The second-order valence-electron chi connectivity index (χ2n) is 4.23. The molecule has 5 heteroatoms. The van der Waals surface area contributed by atoms with Crippen LogP contribution in [0.5, 0.6) is 0 Å². The molecule has 0 aromatic heterocycles. The van der Waals surface area contributed by atoms with Crippen molar-refractivity contribution in [3.05, 3.63) is 12.7 Å². The summed E-state index contributed by atoms with van der Waals surface area (Å²) in [4.78, 5) is 24.1. The van der Waals surface area contributed by atoms with Gasteiger partial charge in [0.15, 0.2) is 0 Å². The Morgan fingerprint density at radius 1 is 1.47 bits per heavy atom. The molecular weight excluding hydrogens is 220 g/mol. The highest BCUT2D eigenvalue weighted by Crippen LogP contribution is 2.07. The van der Waals surface area contributed by atoms with Crippen LogP contribution >= 0.6 is 0 Å². The quantitative estimate of drug-likeness (QED) is 0.668. The molecule has 1 unspecified atom stereocenters. The molecule has 0 rings (SSSR count). The highest BCUT2D eigenvalue weighted by Gasteiger charge is 2.21. The van der Waals surface area contributed by atoms with Crippen molar-refractivity contribution in [2.75, 3.05) is 13.1 Å². The zero-order valence-corrected chi connectivity index (χ0v) is 10.8. The molecule has 0 aliphatic carbocycles. The molecule has 0 bridgehead atoms.